The van der Waals surface area contributed by atoms with Crippen LogP contribution in [-0.4, -0.2) is 36.3 Å². The Morgan fingerprint density at radius 1 is 1.21 bits per heavy atom. The van der Waals surface area contributed by atoms with Gasteiger partial charge in [-0.25, -0.2) is 0 Å². The summed E-state index contributed by atoms with van der Waals surface area (Å²) in [6.45, 7) is 7.42. The van der Waals surface area contributed by atoms with Gasteiger partial charge in [-0.15, -0.1) is 0 Å². The van der Waals surface area contributed by atoms with Crippen LogP contribution in [0.1, 0.15) is 27.2 Å². The number of hydrogen-bond acceptors (Lipinski definition) is 3. The van der Waals surface area contributed by atoms with Gasteiger partial charge in [-0.1, -0.05) is 20.8 Å². The molecule has 1 aliphatic heterocycles. The first-order valence-electron chi connectivity index (χ1n) is 4.94. The van der Waals surface area contributed by atoms with Gasteiger partial charge >= 0.3 is 0 Å². The first-order valence-corrected chi connectivity index (χ1v) is 4.94. The van der Waals surface area contributed by atoms with Crippen molar-refractivity contribution >= 4 is 11.8 Å². The molecule has 1 fully saturated rings. The third-order valence-corrected chi connectivity index (χ3v) is 2.24. The Kier molecular flexibility index (Phi) is 3.26. The first-order chi connectivity index (χ1) is 6.40. The topological polar surface area (TPSA) is 49.4 Å². The lowest BCUT2D eigenvalue weighted by molar-refractivity contribution is -0.146. The van der Waals surface area contributed by atoms with Gasteiger partial charge < -0.3 is 0 Å². The molecule has 0 saturated carbocycles. The Labute approximate surface area is 84.7 Å². The van der Waals surface area contributed by atoms with Crippen LogP contribution in [-0.2, 0) is 9.59 Å². The highest BCUT2D eigenvalue weighted by Crippen LogP contribution is 2.19. The molecule has 1 rings (SSSR count). The molecular formula is C10H18N2O2. The summed E-state index contributed by atoms with van der Waals surface area (Å²) in [6.07, 6.45) is 0.852. The molecule has 0 unspecified atom stereocenters. The van der Waals surface area contributed by atoms with Crippen molar-refractivity contribution in [3.63, 3.8) is 0 Å². The van der Waals surface area contributed by atoms with Gasteiger partial charge in [0.1, 0.15) is 0 Å². The van der Waals surface area contributed by atoms with Gasteiger partial charge in [-0.2, -0.15) is 0 Å². The van der Waals surface area contributed by atoms with E-state index in [1.54, 1.807) is 0 Å². The Balaban J connectivity index is 2.49. The highest BCUT2D eigenvalue weighted by Gasteiger charge is 2.26. The summed E-state index contributed by atoms with van der Waals surface area (Å²) in [7, 11) is 0. The van der Waals surface area contributed by atoms with Crippen LogP contribution in [0.25, 0.3) is 0 Å². The van der Waals surface area contributed by atoms with E-state index in [-0.39, 0.29) is 30.3 Å². The van der Waals surface area contributed by atoms with Crippen LogP contribution in [0.4, 0.5) is 0 Å². The Bertz CT molecular complexity index is 227. The second kappa shape index (κ2) is 4.09. The second-order valence-electron chi connectivity index (χ2n) is 4.85. The van der Waals surface area contributed by atoms with Gasteiger partial charge in [0.05, 0.1) is 13.1 Å². The third kappa shape index (κ3) is 3.10. The smallest absolute Gasteiger partial charge is 0.243 e. The molecule has 1 N–H and O–H groups in total. The number of nitrogens with one attached hydrogen (secondary N) is 1. The van der Waals surface area contributed by atoms with Crippen molar-refractivity contribution in [2.45, 2.75) is 27.2 Å². The molecular weight excluding hydrogens is 180 g/mol. The summed E-state index contributed by atoms with van der Waals surface area (Å²) >= 11 is 0. The summed E-state index contributed by atoms with van der Waals surface area (Å²) in [5.74, 6) is -0.212. The molecule has 14 heavy (non-hydrogen) atoms. The molecule has 0 spiro atoms. The highest BCUT2D eigenvalue weighted by atomic mass is 16.2. The molecule has 2 amide bonds. The predicted octanol–water partition coefficient (Wildman–Crippen LogP) is 0.381. The SMILES string of the molecule is CC(C)(C)CCN1C(=O)CNCC1=O. The molecule has 0 atom stereocenters. The Morgan fingerprint density at radius 3 is 2.14 bits per heavy atom. The number of hydrogen-bond donors (Lipinski definition) is 1. The zero-order valence-electron chi connectivity index (χ0n) is 9.09. The fourth-order valence-electron chi connectivity index (χ4n) is 1.30. The largest absolute Gasteiger partial charge is 0.300 e. The summed E-state index contributed by atoms with van der Waals surface area (Å²) < 4.78 is 0. The lowest BCUT2D eigenvalue weighted by Crippen LogP contribution is -2.52. The number of amides is 2. The van der Waals surface area contributed by atoms with Gasteiger partial charge in [0.15, 0.2) is 0 Å². The molecule has 0 bridgehead atoms. The normalized spacial score (nSPS) is 18.9. The van der Waals surface area contributed by atoms with Gasteiger partial charge in [-0.3, -0.25) is 19.8 Å². The number of rotatable bonds is 2. The van der Waals surface area contributed by atoms with Crippen LogP contribution < -0.4 is 5.32 Å². The zero-order valence-corrected chi connectivity index (χ0v) is 9.09. The maximum atomic E-state index is 11.4. The Morgan fingerprint density at radius 2 is 1.71 bits per heavy atom. The number of carbonyl (C=O) groups excluding carboxylic acids is 2. The van der Waals surface area contributed by atoms with Crippen LogP contribution in [0.5, 0.6) is 0 Å². The van der Waals surface area contributed by atoms with E-state index in [4.69, 9.17) is 0 Å². The lowest BCUT2D eigenvalue weighted by Gasteiger charge is -2.28. The lowest BCUT2D eigenvalue weighted by atomic mass is 9.92. The number of nitrogens with zero attached hydrogens (tertiary/aromatic N) is 1. The van der Waals surface area contributed by atoms with Crippen LogP contribution in [0.3, 0.4) is 0 Å². The summed E-state index contributed by atoms with van der Waals surface area (Å²) in [5.41, 5.74) is 0.158. The van der Waals surface area contributed by atoms with E-state index in [0.29, 0.717) is 6.54 Å². The quantitative estimate of drug-likeness (QED) is 0.653. The average molecular weight is 198 g/mol. The summed E-state index contributed by atoms with van der Waals surface area (Å²) in [6, 6.07) is 0. The average Bonchev–Trinajstić information content (AvgIpc) is 2.01. The van der Waals surface area contributed by atoms with E-state index in [2.05, 4.69) is 26.1 Å². The van der Waals surface area contributed by atoms with Gasteiger partial charge in [-0.05, 0) is 11.8 Å². The molecule has 0 aliphatic carbocycles. The van der Waals surface area contributed by atoms with E-state index in [1.807, 2.05) is 0 Å². The standard InChI is InChI=1S/C10H18N2O2/c1-10(2,3)4-5-12-8(13)6-11-7-9(12)14/h11H,4-7H2,1-3H3. The van der Waals surface area contributed by atoms with Crippen molar-refractivity contribution in [2.75, 3.05) is 19.6 Å². The van der Waals surface area contributed by atoms with E-state index >= 15 is 0 Å². The number of carbonyl (C=O) groups is 2. The molecule has 0 aromatic rings. The van der Waals surface area contributed by atoms with Gasteiger partial charge in [0.25, 0.3) is 0 Å². The minimum absolute atomic E-state index is 0.106. The maximum absolute atomic E-state index is 11.4. The van der Waals surface area contributed by atoms with Gasteiger partial charge in [0.2, 0.25) is 11.8 Å². The molecule has 4 nitrogen and oxygen atoms in total. The number of piperazine rings is 1. The van der Waals surface area contributed by atoms with E-state index in [9.17, 15) is 9.59 Å². The maximum Gasteiger partial charge on any atom is 0.243 e. The third-order valence-electron chi connectivity index (χ3n) is 2.24. The summed E-state index contributed by atoms with van der Waals surface area (Å²) in [5, 5.41) is 2.77. The van der Waals surface area contributed by atoms with Crippen molar-refractivity contribution in [3.05, 3.63) is 0 Å². The zero-order chi connectivity index (χ0) is 10.8. The van der Waals surface area contributed by atoms with E-state index < -0.39 is 0 Å². The Hall–Kier alpha value is -0.900. The molecule has 1 saturated heterocycles. The molecule has 0 aromatic carbocycles. The predicted molar refractivity (Wildman–Crippen MR) is 53.7 cm³/mol. The van der Waals surface area contributed by atoms with Crippen molar-refractivity contribution in [1.29, 1.82) is 0 Å². The minimum atomic E-state index is -0.106. The van der Waals surface area contributed by atoms with Gasteiger partial charge in [0, 0.05) is 6.54 Å². The second-order valence-corrected chi connectivity index (χ2v) is 4.85. The van der Waals surface area contributed by atoms with E-state index in [0.717, 1.165) is 6.42 Å². The first kappa shape index (κ1) is 11.2. The van der Waals surface area contributed by atoms with E-state index in [1.165, 1.54) is 4.90 Å². The van der Waals surface area contributed by atoms with Crippen molar-refractivity contribution in [3.8, 4) is 0 Å². The minimum Gasteiger partial charge on any atom is -0.300 e. The molecule has 1 heterocycles. The fourth-order valence-corrected chi connectivity index (χ4v) is 1.30. The molecule has 1 aliphatic rings. The molecule has 80 valence electrons. The molecule has 4 heteroatoms. The van der Waals surface area contributed by atoms with Crippen LogP contribution >= 0.6 is 0 Å². The molecule has 0 radical (unpaired) electrons. The van der Waals surface area contributed by atoms with Crippen LogP contribution in [0.15, 0.2) is 0 Å². The monoisotopic (exact) mass is 198 g/mol. The number of imide groups is 1. The van der Waals surface area contributed by atoms with Crippen molar-refractivity contribution in [2.24, 2.45) is 5.41 Å². The molecule has 0 aromatic heterocycles. The highest BCUT2D eigenvalue weighted by molar-refractivity contribution is 5.99. The van der Waals surface area contributed by atoms with Crippen LogP contribution in [0.2, 0.25) is 0 Å². The van der Waals surface area contributed by atoms with Crippen LogP contribution in [0, 0.1) is 5.41 Å². The summed E-state index contributed by atoms with van der Waals surface area (Å²) in [4.78, 5) is 24.1. The van der Waals surface area contributed by atoms with Crippen molar-refractivity contribution < 1.29 is 9.59 Å². The fraction of sp³-hybridized carbons (Fsp3) is 0.800. The van der Waals surface area contributed by atoms with Crippen molar-refractivity contribution in [1.82, 2.24) is 10.2 Å².